The molecule has 3 rings (SSSR count). The molecule has 2 aromatic heterocycles. The zero-order valence-corrected chi connectivity index (χ0v) is 12.9. The van der Waals surface area contributed by atoms with Gasteiger partial charge in [0.2, 0.25) is 0 Å². The van der Waals surface area contributed by atoms with Gasteiger partial charge >= 0.3 is 0 Å². The van der Waals surface area contributed by atoms with E-state index >= 15 is 0 Å². The second-order valence-electron chi connectivity index (χ2n) is 5.67. The van der Waals surface area contributed by atoms with Gasteiger partial charge < -0.3 is 0 Å². The number of nitrogens with zero attached hydrogens (tertiary/aromatic N) is 3. The van der Waals surface area contributed by atoms with Crippen LogP contribution in [0.4, 0.5) is 0 Å². The van der Waals surface area contributed by atoms with E-state index in [1.54, 1.807) is 16.7 Å². The van der Waals surface area contributed by atoms with Crippen molar-refractivity contribution in [3.05, 3.63) is 81.9 Å². The first-order valence-electron chi connectivity index (χ1n) is 7.33. The molecule has 112 valence electrons. The molecule has 0 N–H and O–H groups in total. The topological polar surface area (TPSA) is 37.6 Å². The number of aromatic nitrogens is 2. The first-order valence-corrected chi connectivity index (χ1v) is 7.33. The van der Waals surface area contributed by atoms with Crippen molar-refractivity contribution in [2.24, 2.45) is 0 Å². The van der Waals surface area contributed by atoms with Crippen LogP contribution in [-0.2, 0) is 13.1 Å². The number of pyridine rings is 1. The van der Waals surface area contributed by atoms with Crippen LogP contribution in [0.5, 0.6) is 0 Å². The van der Waals surface area contributed by atoms with Crippen molar-refractivity contribution >= 4 is 5.65 Å². The molecule has 0 aliphatic rings. The number of aryl methyl sites for hydroxylation is 1. The summed E-state index contributed by atoms with van der Waals surface area (Å²) < 4.78 is 1.56. The average Bonchev–Trinajstić information content (AvgIpc) is 2.49. The molecule has 0 amide bonds. The van der Waals surface area contributed by atoms with E-state index in [0.717, 1.165) is 12.2 Å². The van der Waals surface area contributed by atoms with Crippen LogP contribution in [0.3, 0.4) is 0 Å². The average molecular weight is 293 g/mol. The van der Waals surface area contributed by atoms with Gasteiger partial charge in [0.05, 0.1) is 5.69 Å². The Hall–Kier alpha value is -2.46. The molecular formula is C18H19N3O. The molecule has 0 atom stereocenters. The van der Waals surface area contributed by atoms with Crippen molar-refractivity contribution in [1.29, 1.82) is 0 Å². The lowest BCUT2D eigenvalue weighted by molar-refractivity contribution is 0.315. The molecule has 4 nitrogen and oxygen atoms in total. The van der Waals surface area contributed by atoms with Crippen LogP contribution in [0, 0.1) is 6.92 Å². The number of benzene rings is 1. The minimum Gasteiger partial charge on any atom is -0.296 e. The molecule has 3 aromatic rings. The molecule has 22 heavy (non-hydrogen) atoms. The Morgan fingerprint density at radius 2 is 1.86 bits per heavy atom. The van der Waals surface area contributed by atoms with Gasteiger partial charge in [0.1, 0.15) is 5.65 Å². The Labute approximate surface area is 129 Å². The minimum atomic E-state index is -0.0377. The van der Waals surface area contributed by atoms with Crippen molar-refractivity contribution in [2.45, 2.75) is 20.0 Å². The maximum absolute atomic E-state index is 12.1. The second kappa shape index (κ2) is 6.12. The molecule has 0 saturated carbocycles. The third-order valence-electron chi connectivity index (χ3n) is 3.63. The van der Waals surface area contributed by atoms with Gasteiger partial charge in [-0.1, -0.05) is 35.9 Å². The van der Waals surface area contributed by atoms with Crippen LogP contribution in [-0.4, -0.2) is 21.3 Å². The molecular weight excluding hydrogens is 274 g/mol. The van der Waals surface area contributed by atoms with E-state index < -0.39 is 0 Å². The van der Waals surface area contributed by atoms with E-state index in [1.807, 2.05) is 25.2 Å². The summed E-state index contributed by atoms with van der Waals surface area (Å²) in [5, 5.41) is 0. The van der Waals surface area contributed by atoms with Gasteiger partial charge in [-0.2, -0.15) is 0 Å². The van der Waals surface area contributed by atoms with Crippen LogP contribution >= 0.6 is 0 Å². The maximum atomic E-state index is 12.1. The van der Waals surface area contributed by atoms with E-state index in [-0.39, 0.29) is 5.56 Å². The molecule has 0 unspecified atom stereocenters. The SMILES string of the molecule is Cc1ccc(CN(C)Cc2cc(=O)n3ccccc3n2)cc1. The molecule has 0 spiro atoms. The first-order chi connectivity index (χ1) is 10.6. The standard InChI is InChI=1S/C18H19N3O/c1-14-6-8-15(9-7-14)12-20(2)13-16-11-18(22)21-10-4-3-5-17(21)19-16/h3-11H,12-13H2,1-2H3. The van der Waals surface area contributed by atoms with E-state index in [2.05, 4.69) is 41.1 Å². The highest BCUT2D eigenvalue weighted by molar-refractivity contribution is 5.38. The van der Waals surface area contributed by atoms with Gasteiger partial charge in [0.25, 0.3) is 5.56 Å². The summed E-state index contributed by atoms with van der Waals surface area (Å²) in [6, 6.07) is 15.7. The van der Waals surface area contributed by atoms with E-state index in [1.165, 1.54) is 11.1 Å². The van der Waals surface area contributed by atoms with E-state index in [0.29, 0.717) is 12.2 Å². The maximum Gasteiger partial charge on any atom is 0.258 e. The Morgan fingerprint density at radius 1 is 1.09 bits per heavy atom. The number of fused-ring (bicyclic) bond motifs is 1. The molecule has 0 fully saturated rings. The number of hydrogen-bond acceptors (Lipinski definition) is 3. The fourth-order valence-corrected chi connectivity index (χ4v) is 2.52. The van der Waals surface area contributed by atoms with Gasteiger partial charge in [-0.25, -0.2) is 4.98 Å². The zero-order valence-electron chi connectivity index (χ0n) is 12.9. The fourth-order valence-electron chi connectivity index (χ4n) is 2.52. The summed E-state index contributed by atoms with van der Waals surface area (Å²) in [6.45, 7) is 3.56. The smallest absolute Gasteiger partial charge is 0.258 e. The van der Waals surface area contributed by atoms with Crippen LogP contribution < -0.4 is 5.56 Å². The van der Waals surface area contributed by atoms with Crippen LogP contribution in [0.2, 0.25) is 0 Å². The largest absolute Gasteiger partial charge is 0.296 e. The summed E-state index contributed by atoms with van der Waals surface area (Å²) in [6.07, 6.45) is 1.74. The molecule has 2 heterocycles. The molecule has 0 aliphatic heterocycles. The summed E-state index contributed by atoms with van der Waals surface area (Å²) >= 11 is 0. The zero-order chi connectivity index (χ0) is 15.5. The molecule has 0 aliphatic carbocycles. The summed E-state index contributed by atoms with van der Waals surface area (Å²) in [5.74, 6) is 0. The van der Waals surface area contributed by atoms with E-state index in [4.69, 9.17) is 0 Å². The highest BCUT2D eigenvalue weighted by atomic mass is 16.1. The summed E-state index contributed by atoms with van der Waals surface area (Å²) in [4.78, 5) is 18.8. The van der Waals surface area contributed by atoms with Crippen molar-refractivity contribution in [3.63, 3.8) is 0 Å². The van der Waals surface area contributed by atoms with E-state index in [9.17, 15) is 4.79 Å². The number of rotatable bonds is 4. The van der Waals surface area contributed by atoms with Crippen molar-refractivity contribution < 1.29 is 0 Å². The molecule has 4 heteroatoms. The molecule has 0 bridgehead atoms. The Morgan fingerprint density at radius 3 is 2.64 bits per heavy atom. The molecule has 1 aromatic carbocycles. The summed E-state index contributed by atoms with van der Waals surface area (Å²) in [5.41, 5.74) is 3.96. The Kier molecular flexibility index (Phi) is 4.02. The van der Waals surface area contributed by atoms with Gasteiger partial charge in [-0.3, -0.25) is 14.1 Å². The Balaban J connectivity index is 1.77. The quantitative estimate of drug-likeness (QED) is 0.742. The van der Waals surface area contributed by atoms with Crippen LogP contribution in [0.15, 0.2) is 59.5 Å². The lowest BCUT2D eigenvalue weighted by Crippen LogP contribution is -2.21. The highest BCUT2D eigenvalue weighted by Gasteiger charge is 2.06. The third kappa shape index (κ3) is 3.23. The minimum absolute atomic E-state index is 0.0377. The van der Waals surface area contributed by atoms with Gasteiger partial charge in [0, 0.05) is 25.4 Å². The van der Waals surface area contributed by atoms with Crippen molar-refractivity contribution in [2.75, 3.05) is 7.05 Å². The van der Waals surface area contributed by atoms with Gasteiger partial charge in [0.15, 0.2) is 0 Å². The van der Waals surface area contributed by atoms with Crippen molar-refractivity contribution in [1.82, 2.24) is 14.3 Å². The highest BCUT2D eigenvalue weighted by Crippen LogP contribution is 2.08. The normalized spacial score (nSPS) is 11.2. The molecule has 0 radical (unpaired) electrons. The monoisotopic (exact) mass is 293 g/mol. The first kappa shape index (κ1) is 14.5. The fraction of sp³-hybridized carbons (Fsp3) is 0.222. The van der Waals surface area contributed by atoms with Gasteiger partial charge in [-0.15, -0.1) is 0 Å². The Bertz CT molecular complexity index is 837. The third-order valence-corrected chi connectivity index (χ3v) is 3.63. The predicted octanol–water partition coefficient (Wildman–Crippen LogP) is 2.63. The number of hydrogen-bond donors (Lipinski definition) is 0. The molecule has 0 saturated heterocycles. The van der Waals surface area contributed by atoms with Crippen molar-refractivity contribution in [3.8, 4) is 0 Å². The predicted molar refractivity (Wildman–Crippen MR) is 87.8 cm³/mol. The van der Waals surface area contributed by atoms with Gasteiger partial charge in [-0.05, 0) is 31.7 Å². The summed E-state index contributed by atoms with van der Waals surface area (Å²) in [7, 11) is 2.04. The second-order valence-corrected chi connectivity index (χ2v) is 5.67. The lowest BCUT2D eigenvalue weighted by Gasteiger charge is -2.16. The van der Waals surface area contributed by atoms with Crippen LogP contribution in [0.1, 0.15) is 16.8 Å². The van der Waals surface area contributed by atoms with Crippen LogP contribution in [0.25, 0.3) is 5.65 Å². The lowest BCUT2D eigenvalue weighted by atomic mass is 10.1.